The van der Waals surface area contributed by atoms with E-state index in [0.29, 0.717) is 0 Å². The summed E-state index contributed by atoms with van der Waals surface area (Å²) in [6, 6.07) is 12.2. The lowest BCUT2D eigenvalue weighted by Gasteiger charge is -2.37. The van der Waals surface area contributed by atoms with Crippen molar-refractivity contribution < 1.29 is 9.90 Å². The second kappa shape index (κ2) is 5.68. The molecule has 3 heteroatoms. The van der Waals surface area contributed by atoms with E-state index in [-0.39, 0.29) is 11.5 Å². The summed E-state index contributed by atoms with van der Waals surface area (Å²) in [5, 5.41) is 12.5. The van der Waals surface area contributed by atoms with Gasteiger partial charge in [-0.2, -0.15) is 0 Å². The van der Waals surface area contributed by atoms with Gasteiger partial charge in [-0.15, -0.1) is 0 Å². The van der Waals surface area contributed by atoms with Crippen LogP contribution in [0.15, 0.2) is 65.4 Å². The molecule has 0 spiro atoms. The number of phenols is 1. The van der Waals surface area contributed by atoms with Gasteiger partial charge in [-0.1, -0.05) is 49.0 Å². The lowest BCUT2D eigenvalue weighted by Crippen LogP contribution is -2.49. The summed E-state index contributed by atoms with van der Waals surface area (Å²) in [7, 11) is -2.08. The molecule has 0 unspecified atom stereocenters. The molecule has 1 aliphatic heterocycles. The van der Waals surface area contributed by atoms with Crippen molar-refractivity contribution in [3.63, 3.8) is 0 Å². The van der Waals surface area contributed by atoms with E-state index < -0.39 is 8.07 Å². The Balaban J connectivity index is 2.13. The first kappa shape index (κ1) is 16.8. The zero-order valence-corrected chi connectivity index (χ0v) is 16.6. The number of carbonyl (C=O) groups excluding carboxylic acids is 1. The number of aromatic hydroxyl groups is 1. The molecule has 2 aromatic rings. The fourth-order valence-electron chi connectivity index (χ4n) is 4.20. The molecule has 0 aromatic heterocycles. The van der Waals surface area contributed by atoms with Crippen molar-refractivity contribution in [2.75, 3.05) is 0 Å². The molecule has 0 bridgehead atoms. The molecular formula is C23H22O2Si. The van der Waals surface area contributed by atoms with Crippen LogP contribution in [-0.4, -0.2) is 19.0 Å². The van der Waals surface area contributed by atoms with Crippen LogP contribution in [0.5, 0.6) is 5.75 Å². The Morgan fingerprint density at radius 1 is 0.923 bits per heavy atom. The Hall–Kier alpha value is -2.65. The fraction of sp³-hybridized carbons (Fsp3) is 0.174. The summed E-state index contributed by atoms with van der Waals surface area (Å²) in [6.45, 7) is 8.74. The topological polar surface area (TPSA) is 37.3 Å². The molecule has 1 N–H and O–H groups in total. The van der Waals surface area contributed by atoms with Crippen molar-refractivity contribution in [1.82, 2.24) is 0 Å². The Kier molecular flexibility index (Phi) is 3.67. The highest BCUT2D eigenvalue weighted by molar-refractivity contribution is 6.98. The molecule has 1 heterocycles. The average molecular weight is 359 g/mol. The number of phenolic OH excluding ortho intramolecular Hbond substituents is 1. The summed E-state index contributed by atoms with van der Waals surface area (Å²) < 4.78 is 0. The number of ketones is 1. The molecule has 26 heavy (non-hydrogen) atoms. The van der Waals surface area contributed by atoms with Crippen LogP contribution in [0.4, 0.5) is 0 Å². The molecule has 0 fully saturated rings. The minimum atomic E-state index is -2.08. The standard InChI is InChI=1S/C23H22O2Si/c1-14-5-8-18(15(2)11-14)23-19-9-6-16(24)12-21(19)26(3,4)22-13-17(25)7-10-20(22)23/h5-13,24H,1-4H3. The predicted octanol–water partition coefficient (Wildman–Crippen LogP) is 4.34. The van der Waals surface area contributed by atoms with Gasteiger partial charge >= 0.3 is 0 Å². The molecule has 1 aliphatic carbocycles. The molecule has 2 nitrogen and oxygen atoms in total. The highest BCUT2D eigenvalue weighted by Gasteiger charge is 2.40. The van der Waals surface area contributed by atoms with Crippen molar-refractivity contribution in [3.8, 4) is 5.75 Å². The first-order valence-electron chi connectivity index (χ1n) is 8.89. The van der Waals surface area contributed by atoms with E-state index in [1.807, 2.05) is 18.2 Å². The van der Waals surface area contributed by atoms with E-state index in [4.69, 9.17) is 0 Å². The van der Waals surface area contributed by atoms with Crippen molar-refractivity contribution in [2.24, 2.45) is 0 Å². The van der Waals surface area contributed by atoms with Crippen LogP contribution in [0, 0.1) is 13.8 Å². The Morgan fingerprint density at radius 3 is 2.38 bits per heavy atom. The van der Waals surface area contributed by atoms with E-state index in [9.17, 15) is 9.90 Å². The fourth-order valence-corrected chi connectivity index (χ4v) is 7.27. The van der Waals surface area contributed by atoms with E-state index in [2.05, 4.69) is 45.1 Å². The zero-order valence-electron chi connectivity index (χ0n) is 15.6. The molecule has 2 aliphatic rings. The van der Waals surface area contributed by atoms with Gasteiger partial charge in [0.25, 0.3) is 0 Å². The van der Waals surface area contributed by atoms with Crippen LogP contribution in [0.2, 0.25) is 13.1 Å². The summed E-state index contributed by atoms with van der Waals surface area (Å²) >= 11 is 0. The number of allylic oxidation sites excluding steroid dienone is 5. The van der Waals surface area contributed by atoms with E-state index in [1.54, 1.807) is 18.2 Å². The van der Waals surface area contributed by atoms with Crippen LogP contribution in [0.25, 0.3) is 5.57 Å². The SMILES string of the molecule is Cc1ccc(C2=C3C=CC(=O)C=C3[Si](C)(C)c3cc(O)ccc32)c(C)c1. The monoisotopic (exact) mass is 358 g/mol. The molecular weight excluding hydrogens is 336 g/mol. The normalized spacial score (nSPS) is 17.7. The molecule has 4 rings (SSSR count). The molecule has 2 aromatic carbocycles. The van der Waals surface area contributed by atoms with E-state index in [1.165, 1.54) is 33.0 Å². The lowest BCUT2D eigenvalue weighted by atomic mass is 9.87. The quantitative estimate of drug-likeness (QED) is 0.770. The number of fused-ring (bicyclic) bond motifs is 2. The first-order chi connectivity index (χ1) is 12.3. The second-order valence-electron chi connectivity index (χ2n) is 7.76. The minimum Gasteiger partial charge on any atom is -0.508 e. The molecule has 0 amide bonds. The maximum Gasteiger partial charge on any atom is 0.178 e. The van der Waals surface area contributed by atoms with Gasteiger partial charge in [-0.3, -0.25) is 4.79 Å². The van der Waals surface area contributed by atoms with Crippen LogP contribution >= 0.6 is 0 Å². The van der Waals surface area contributed by atoms with Gasteiger partial charge in [-0.25, -0.2) is 0 Å². The minimum absolute atomic E-state index is 0.0490. The van der Waals surface area contributed by atoms with Gasteiger partial charge in [0, 0.05) is 0 Å². The van der Waals surface area contributed by atoms with Crippen LogP contribution in [-0.2, 0) is 4.79 Å². The van der Waals surface area contributed by atoms with Crippen LogP contribution in [0.3, 0.4) is 0 Å². The average Bonchev–Trinajstić information content (AvgIpc) is 2.58. The van der Waals surface area contributed by atoms with Gasteiger partial charge < -0.3 is 5.11 Å². The zero-order chi connectivity index (χ0) is 18.6. The van der Waals surface area contributed by atoms with E-state index in [0.717, 1.165) is 10.8 Å². The van der Waals surface area contributed by atoms with Crippen LogP contribution in [0.1, 0.15) is 22.3 Å². The Morgan fingerprint density at radius 2 is 1.65 bits per heavy atom. The summed E-state index contributed by atoms with van der Waals surface area (Å²) in [6.07, 6.45) is 5.45. The van der Waals surface area contributed by atoms with Gasteiger partial charge in [0.05, 0.1) is 0 Å². The van der Waals surface area contributed by atoms with E-state index >= 15 is 0 Å². The smallest absolute Gasteiger partial charge is 0.178 e. The maximum atomic E-state index is 12.1. The number of carbonyl (C=O) groups is 1. The first-order valence-corrected chi connectivity index (χ1v) is 11.9. The molecule has 0 atom stereocenters. The van der Waals surface area contributed by atoms with Crippen LogP contribution < -0.4 is 5.19 Å². The van der Waals surface area contributed by atoms with Crippen molar-refractivity contribution in [3.05, 3.63) is 87.6 Å². The lowest BCUT2D eigenvalue weighted by molar-refractivity contribution is -0.110. The third-order valence-electron chi connectivity index (χ3n) is 5.53. The molecule has 0 radical (unpaired) electrons. The number of hydrogen-bond donors (Lipinski definition) is 1. The predicted molar refractivity (Wildman–Crippen MR) is 109 cm³/mol. The maximum absolute atomic E-state index is 12.1. The van der Waals surface area contributed by atoms with Crippen molar-refractivity contribution >= 4 is 24.6 Å². The number of aryl methyl sites for hydroxylation is 2. The highest BCUT2D eigenvalue weighted by Crippen LogP contribution is 2.42. The van der Waals surface area contributed by atoms with Crippen molar-refractivity contribution in [2.45, 2.75) is 26.9 Å². The summed E-state index contributed by atoms with van der Waals surface area (Å²) in [4.78, 5) is 12.1. The van der Waals surface area contributed by atoms with Crippen molar-refractivity contribution in [1.29, 1.82) is 0 Å². The Bertz CT molecular complexity index is 1050. The second-order valence-corrected chi connectivity index (χ2v) is 12.1. The summed E-state index contributed by atoms with van der Waals surface area (Å²) in [5.74, 6) is 0.332. The number of hydrogen-bond acceptors (Lipinski definition) is 2. The van der Waals surface area contributed by atoms with Gasteiger partial charge in [0.15, 0.2) is 5.78 Å². The number of benzene rings is 2. The molecule has 130 valence electrons. The third kappa shape index (κ3) is 2.43. The van der Waals surface area contributed by atoms with Gasteiger partial charge in [0.1, 0.15) is 13.8 Å². The molecule has 0 saturated carbocycles. The van der Waals surface area contributed by atoms with Gasteiger partial charge in [-0.05, 0) is 76.4 Å². The van der Waals surface area contributed by atoms with Gasteiger partial charge in [0.2, 0.25) is 0 Å². The highest BCUT2D eigenvalue weighted by atomic mass is 28.3. The largest absolute Gasteiger partial charge is 0.508 e. The summed E-state index contributed by atoms with van der Waals surface area (Å²) in [5.41, 5.74) is 7.14. The number of rotatable bonds is 1. The third-order valence-corrected chi connectivity index (χ3v) is 9.05. The molecule has 0 saturated heterocycles. The Labute approximate surface area is 155 Å².